The Morgan fingerprint density at radius 2 is 1.82 bits per heavy atom. The third kappa shape index (κ3) is 4.34. The van der Waals surface area contributed by atoms with Crippen molar-refractivity contribution in [3.8, 4) is 29.0 Å². The van der Waals surface area contributed by atoms with Crippen molar-refractivity contribution in [2.24, 2.45) is 0 Å². The molecule has 0 fully saturated rings. The molecule has 34 heavy (non-hydrogen) atoms. The van der Waals surface area contributed by atoms with E-state index in [4.69, 9.17) is 26.0 Å². The predicted molar refractivity (Wildman–Crippen MR) is 132 cm³/mol. The molecule has 0 radical (unpaired) electrons. The van der Waals surface area contributed by atoms with Gasteiger partial charge in [0.25, 0.3) is 0 Å². The zero-order chi connectivity index (χ0) is 24.2. The fraction of sp³-hybridized carbons (Fsp3) is 0.115. The number of allylic oxidation sites excluding steroid dienone is 1. The average molecular weight is 448 g/mol. The fourth-order valence-corrected chi connectivity index (χ4v) is 3.89. The van der Waals surface area contributed by atoms with Crippen LogP contribution in [0.25, 0.3) is 28.1 Å². The number of nitrogen functional groups attached to an aromatic ring is 1. The maximum atomic E-state index is 8.98. The molecule has 2 aromatic carbocycles. The lowest BCUT2D eigenvalue weighted by Crippen LogP contribution is -2.04. The van der Waals surface area contributed by atoms with Gasteiger partial charge in [-0.25, -0.2) is 9.97 Å². The van der Waals surface area contributed by atoms with Crippen molar-refractivity contribution in [3.63, 3.8) is 0 Å². The number of nitriles is 2. The molecule has 0 unspecified atom stereocenters. The number of hydrogen-bond donors (Lipinski definition) is 2. The Labute approximate surface area is 197 Å². The number of ether oxygens (including phenoxy) is 1. The van der Waals surface area contributed by atoms with Crippen LogP contribution in [0.2, 0.25) is 0 Å². The van der Waals surface area contributed by atoms with E-state index in [9.17, 15) is 0 Å². The molecule has 0 aliphatic heterocycles. The molecular weight excluding hydrogens is 426 g/mol. The van der Waals surface area contributed by atoms with Crippen LogP contribution in [-0.2, 0) is 0 Å². The summed E-state index contributed by atoms with van der Waals surface area (Å²) in [5.41, 5.74) is 12.3. The Morgan fingerprint density at radius 3 is 2.44 bits per heavy atom. The standard InChI is InChI=1S/C26H21N7O/c1-15-9-17(5-4-8-27)10-16(2)23(15)20-11-19(34-3)12-21-24(20)32-26(33-25(21)29)31-22-7-6-18(13-28)14-30-22/h4-7,9-12,14H,1-3H3,(H3,29,30,31,32,33)/b5-4+. The average Bonchev–Trinajstić information content (AvgIpc) is 2.83. The van der Waals surface area contributed by atoms with E-state index in [2.05, 4.69) is 15.3 Å². The first-order chi connectivity index (χ1) is 16.4. The van der Waals surface area contributed by atoms with Crippen LogP contribution >= 0.6 is 0 Å². The maximum absolute atomic E-state index is 8.98. The minimum absolute atomic E-state index is 0.289. The number of aryl methyl sites for hydroxylation is 2. The summed E-state index contributed by atoms with van der Waals surface area (Å²) in [6, 6.07) is 15.2. The van der Waals surface area contributed by atoms with E-state index < -0.39 is 0 Å². The fourth-order valence-electron chi connectivity index (χ4n) is 3.89. The van der Waals surface area contributed by atoms with Gasteiger partial charge in [-0.05, 0) is 66.4 Å². The Morgan fingerprint density at radius 1 is 1.06 bits per heavy atom. The van der Waals surface area contributed by atoms with E-state index in [1.807, 2.05) is 50.3 Å². The summed E-state index contributed by atoms with van der Waals surface area (Å²) in [6.45, 7) is 4.03. The molecule has 0 saturated heterocycles. The van der Waals surface area contributed by atoms with Crippen molar-refractivity contribution in [2.75, 3.05) is 18.2 Å². The van der Waals surface area contributed by atoms with Gasteiger partial charge in [0.05, 0.1) is 24.3 Å². The zero-order valence-electron chi connectivity index (χ0n) is 18.9. The Kier molecular flexibility index (Phi) is 6.07. The van der Waals surface area contributed by atoms with Crippen LogP contribution in [0.3, 0.4) is 0 Å². The van der Waals surface area contributed by atoms with Crippen LogP contribution in [0, 0.1) is 36.5 Å². The molecule has 8 nitrogen and oxygen atoms in total. The van der Waals surface area contributed by atoms with Crippen molar-refractivity contribution in [2.45, 2.75) is 13.8 Å². The molecule has 4 rings (SSSR count). The third-order valence-corrected chi connectivity index (χ3v) is 5.35. The van der Waals surface area contributed by atoms with E-state index in [1.165, 1.54) is 12.3 Å². The first kappa shape index (κ1) is 22.3. The molecule has 0 aliphatic rings. The lowest BCUT2D eigenvalue weighted by atomic mass is 9.91. The summed E-state index contributed by atoms with van der Waals surface area (Å²) in [5.74, 6) is 1.72. The number of hydrogen-bond acceptors (Lipinski definition) is 8. The largest absolute Gasteiger partial charge is 0.497 e. The lowest BCUT2D eigenvalue weighted by Gasteiger charge is -2.16. The van der Waals surface area contributed by atoms with Crippen molar-refractivity contribution < 1.29 is 4.74 Å². The van der Waals surface area contributed by atoms with Gasteiger partial charge in [-0.15, -0.1) is 0 Å². The Bertz CT molecular complexity index is 1490. The maximum Gasteiger partial charge on any atom is 0.230 e. The number of nitrogens with zero attached hydrogens (tertiary/aromatic N) is 5. The summed E-state index contributed by atoms with van der Waals surface area (Å²) in [7, 11) is 1.60. The van der Waals surface area contributed by atoms with Gasteiger partial charge in [0.2, 0.25) is 5.95 Å². The normalized spacial score (nSPS) is 10.7. The van der Waals surface area contributed by atoms with Crippen molar-refractivity contribution in [1.82, 2.24) is 15.0 Å². The van der Waals surface area contributed by atoms with Crippen molar-refractivity contribution in [3.05, 3.63) is 70.9 Å². The second-order valence-electron chi connectivity index (χ2n) is 7.66. The molecule has 0 atom stereocenters. The van der Waals surface area contributed by atoms with E-state index in [-0.39, 0.29) is 5.95 Å². The number of methoxy groups -OCH3 is 1. The smallest absolute Gasteiger partial charge is 0.230 e. The van der Waals surface area contributed by atoms with Gasteiger partial charge in [-0.3, -0.25) is 0 Å². The second-order valence-corrected chi connectivity index (χ2v) is 7.66. The first-order valence-corrected chi connectivity index (χ1v) is 10.4. The van der Waals surface area contributed by atoms with Crippen LogP contribution < -0.4 is 15.8 Å². The van der Waals surface area contributed by atoms with Gasteiger partial charge in [0.15, 0.2) is 0 Å². The Balaban J connectivity index is 1.90. The number of pyridine rings is 1. The molecule has 0 aliphatic carbocycles. The number of nitrogens with one attached hydrogen (secondary N) is 1. The van der Waals surface area contributed by atoms with E-state index in [0.29, 0.717) is 33.9 Å². The highest BCUT2D eigenvalue weighted by Crippen LogP contribution is 2.38. The number of nitrogens with two attached hydrogens (primary N) is 1. The topological polar surface area (TPSA) is 134 Å². The molecule has 0 bridgehead atoms. The molecule has 4 aromatic rings. The van der Waals surface area contributed by atoms with Crippen LogP contribution in [0.1, 0.15) is 22.3 Å². The highest BCUT2D eigenvalue weighted by atomic mass is 16.5. The molecule has 0 amide bonds. The number of fused-ring (bicyclic) bond motifs is 1. The van der Waals surface area contributed by atoms with Crippen LogP contribution in [-0.4, -0.2) is 22.1 Å². The van der Waals surface area contributed by atoms with Gasteiger partial charge in [0.1, 0.15) is 23.5 Å². The molecule has 8 heteroatoms. The molecular formula is C26H21N7O. The van der Waals surface area contributed by atoms with Gasteiger partial charge >= 0.3 is 0 Å². The number of anilines is 3. The van der Waals surface area contributed by atoms with Crippen LogP contribution in [0.5, 0.6) is 5.75 Å². The van der Waals surface area contributed by atoms with Crippen molar-refractivity contribution >= 4 is 34.6 Å². The summed E-state index contributed by atoms with van der Waals surface area (Å²) in [4.78, 5) is 13.4. The molecule has 0 saturated carbocycles. The number of benzene rings is 2. The molecule has 0 spiro atoms. The minimum atomic E-state index is 0.289. The number of aromatic nitrogens is 3. The SMILES string of the molecule is COc1cc(-c2c(C)cc(/C=C/C#N)cc2C)c2nc(Nc3ccc(C#N)cn3)nc(N)c2c1. The predicted octanol–water partition coefficient (Wildman–Crippen LogP) is 5.05. The lowest BCUT2D eigenvalue weighted by molar-refractivity contribution is 0.415. The minimum Gasteiger partial charge on any atom is -0.497 e. The molecule has 2 heterocycles. The summed E-state index contributed by atoms with van der Waals surface area (Å²) in [5, 5.41) is 21.6. The highest BCUT2D eigenvalue weighted by molar-refractivity contribution is 6.01. The van der Waals surface area contributed by atoms with Gasteiger partial charge in [-0.2, -0.15) is 15.5 Å². The van der Waals surface area contributed by atoms with Crippen LogP contribution in [0.15, 0.2) is 48.7 Å². The highest BCUT2D eigenvalue weighted by Gasteiger charge is 2.17. The second kappa shape index (κ2) is 9.27. The first-order valence-electron chi connectivity index (χ1n) is 10.4. The van der Waals surface area contributed by atoms with Crippen LogP contribution in [0.4, 0.5) is 17.6 Å². The molecule has 3 N–H and O–H groups in total. The van der Waals surface area contributed by atoms with Gasteiger partial charge in [-0.1, -0.05) is 12.1 Å². The summed E-state index contributed by atoms with van der Waals surface area (Å²) < 4.78 is 5.53. The zero-order valence-corrected chi connectivity index (χ0v) is 18.9. The van der Waals surface area contributed by atoms with E-state index in [0.717, 1.165) is 27.8 Å². The third-order valence-electron chi connectivity index (χ3n) is 5.35. The quantitative estimate of drug-likeness (QED) is 0.406. The van der Waals surface area contributed by atoms with Crippen molar-refractivity contribution in [1.29, 1.82) is 10.5 Å². The molecule has 166 valence electrons. The summed E-state index contributed by atoms with van der Waals surface area (Å²) in [6.07, 6.45) is 4.70. The van der Waals surface area contributed by atoms with E-state index >= 15 is 0 Å². The van der Waals surface area contributed by atoms with Gasteiger partial charge < -0.3 is 15.8 Å². The number of rotatable bonds is 5. The van der Waals surface area contributed by atoms with E-state index in [1.54, 1.807) is 25.3 Å². The summed E-state index contributed by atoms with van der Waals surface area (Å²) >= 11 is 0. The Hall–Kier alpha value is -4.95. The molecule has 2 aromatic heterocycles. The monoisotopic (exact) mass is 447 g/mol. The van der Waals surface area contributed by atoms with Gasteiger partial charge in [0, 0.05) is 23.2 Å².